The molecule has 2 aromatic heterocycles. The van der Waals surface area contributed by atoms with Crippen LogP contribution in [0.15, 0.2) is 24.3 Å². The van der Waals surface area contributed by atoms with E-state index in [9.17, 15) is 26.7 Å². The lowest BCUT2D eigenvalue weighted by atomic mass is 9.91. The molecule has 6 heterocycles. The first-order chi connectivity index (χ1) is 25.7. The maximum atomic E-state index is 14.6. The standard InChI is InChI=1S/C38H43F5N8O3/c1-5-8-24-14-25(44)15-26(32(24)38(41,42)43)30-16-28-27(20-53-30)34(49-10-7-12-51-29(19-49)22(2)33(47-51)35(52)48(3)4)46-36(45-28)54-21-37-9-6-11-50(37)18-23(17-37)13-31(39)40/h13-15,23,30H,6-7,9-12,16-21,44H2,1-4H3. The van der Waals surface area contributed by atoms with Crippen molar-refractivity contribution >= 4 is 17.4 Å². The molecule has 2 saturated heterocycles. The Morgan fingerprint density at radius 2 is 1.98 bits per heavy atom. The molecule has 0 radical (unpaired) electrons. The molecule has 54 heavy (non-hydrogen) atoms. The van der Waals surface area contributed by atoms with E-state index >= 15 is 0 Å². The minimum Gasteiger partial charge on any atom is -0.461 e. The van der Waals surface area contributed by atoms with Gasteiger partial charge in [0.15, 0.2) is 5.69 Å². The first-order valence-corrected chi connectivity index (χ1v) is 18.1. The van der Waals surface area contributed by atoms with Gasteiger partial charge in [0.1, 0.15) is 12.4 Å². The van der Waals surface area contributed by atoms with Crippen molar-refractivity contribution in [2.75, 3.05) is 51.0 Å². The summed E-state index contributed by atoms with van der Waals surface area (Å²) in [6.45, 7) is 6.13. The van der Waals surface area contributed by atoms with Gasteiger partial charge in [-0.15, -0.1) is 5.92 Å². The SMILES string of the molecule is CC#Cc1cc(N)cc(C2Cc3nc(OCC45CCCN4CC(C=C(F)F)C5)nc(N4CCCn5nc(C(=O)N(C)C)c(C)c5C4)c3CO2)c1C(F)(F)F. The third-order valence-corrected chi connectivity index (χ3v) is 11.0. The van der Waals surface area contributed by atoms with Crippen LogP contribution in [0, 0.1) is 24.7 Å². The lowest BCUT2D eigenvalue weighted by Gasteiger charge is -2.33. The number of carbonyl (C=O) groups excluding carboxylic acids is 1. The maximum Gasteiger partial charge on any atom is 0.417 e. The quantitative estimate of drug-likeness (QED) is 0.179. The van der Waals surface area contributed by atoms with E-state index < -0.39 is 29.5 Å². The molecule has 288 valence electrons. The summed E-state index contributed by atoms with van der Waals surface area (Å²) in [4.78, 5) is 28.4. The van der Waals surface area contributed by atoms with Crippen LogP contribution in [0.4, 0.5) is 33.5 Å². The summed E-state index contributed by atoms with van der Waals surface area (Å²) in [5, 5.41) is 4.64. The molecule has 4 aliphatic rings. The molecule has 3 aromatic rings. The highest BCUT2D eigenvalue weighted by Crippen LogP contribution is 2.45. The molecule has 2 fully saturated rings. The van der Waals surface area contributed by atoms with Crippen LogP contribution in [0.1, 0.15) is 88.4 Å². The molecule has 3 atom stereocenters. The molecule has 4 aliphatic heterocycles. The smallest absolute Gasteiger partial charge is 0.417 e. The molecular formula is C38H43F5N8O3. The Balaban J connectivity index is 1.27. The lowest BCUT2D eigenvalue weighted by Crippen LogP contribution is -2.43. The number of nitrogens with two attached hydrogens (primary N) is 1. The van der Waals surface area contributed by atoms with Crippen LogP contribution in [0.5, 0.6) is 6.01 Å². The lowest BCUT2D eigenvalue weighted by molar-refractivity contribution is -0.140. The second-order valence-electron chi connectivity index (χ2n) is 14.8. The van der Waals surface area contributed by atoms with Gasteiger partial charge in [0.2, 0.25) is 0 Å². The van der Waals surface area contributed by atoms with E-state index in [2.05, 4.69) is 21.8 Å². The van der Waals surface area contributed by atoms with Crippen LogP contribution < -0.4 is 15.4 Å². The third-order valence-electron chi connectivity index (χ3n) is 11.0. The Bertz CT molecular complexity index is 2050. The first kappa shape index (κ1) is 37.6. The molecule has 0 spiro atoms. The second kappa shape index (κ2) is 14.5. The molecular weight excluding hydrogens is 711 g/mol. The summed E-state index contributed by atoms with van der Waals surface area (Å²) >= 11 is 0. The minimum absolute atomic E-state index is 0.0288. The van der Waals surface area contributed by atoms with E-state index in [1.54, 1.807) is 14.1 Å². The molecule has 7 rings (SSSR count). The molecule has 0 bridgehead atoms. The van der Waals surface area contributed by atoms with Gasteiger partial charge in [-0.3, -0.25) is 14.4 Å². The van der Waals surface area contributed by atoms with Gasteiger partial charge >= 0.3 is 12.2 Å². The number of ether oxygens (including phenoxy) is 2. The van der Waals surface area contributed by atoms with Crippen LogP contribution in [-0.4, -0.2) is 81.3 Å². The summed E-state index contributed by atoms with van der Waals surface area (Å²) in [6, 6.07) is 2.54. The average molecular weight is 755 g/mol. The van der Waals surface area contributed by atoms with Crippen LogP contribution in [0.3, 0.4) is 0 Å². The van der Waals surface area contributed by atoms with Gasteiger partial charge in [0.05, 0.1) is 41.7 Å². The van der Waals surface area contributed by atoms with Crippen molar-refractivity contribution in [1.29, 1.82) is 0 Å². The van der Waals surface area contributed by atoms with E-state index in [0.717, 1.165) is 36.7 Å². The number of nitrogens with zero attached hydrogens (tertiary/aromatic N) is 7. The Morgan fingerprint density at radius 3 is 2.70 bits per heavy atom. The Kier molecular flexibility index (Phi) is 10.1. The van der Waals surface area contributed by atoms with Gasteiger partial charge in [-0.25, -0.2) is 0 Å². The van der Waals surface area contributed by atoms with Gasteiger partial charge in [-0.2, -0.15) is 37.0 Å². The van der Waals surface area contributed by atoms with Crippen molar-refractivity contribution < 1.29 is 36.2 Å². The summed E-state index contributed by atoms with van der Waals surface area (Å²) in [5.41, 5.74) is 7.53. The van der Waals surface area contributed by atoms with Gasteiger partial charge in [0, 0.05) is 62.5 Å². The maximum absolute atomic E-state index is 14.6. The highest BCUT2D eigenvalue weighted by atomic mass is 19.4. The minimum atomic E-state index is -4.73. The predicted molar refractivity (Wildman–Crippen MR) is 190 cm³/mol. The zero-order valence-electron chi connectivity index (χ0n) is 30.7. The molecule has 16 heteroatoms. The van der Waals surface area contributed by atoms with Crippen molar-refractivity contribution in [3.05, 3.63) is 69.2 Å². The van der Waals surface area contributed by atoms with Crippen molar-refractivity contribution in [3.63, 3.8) is 0 Å². The fraction of sp³-hybridized carbons (Fsp3) is 0.526. The largest absolute Gasteiger partial charge is 0.461 e. The summed E-state index contributed by atoms with van der Waals surface area (Å²) < 4.78 is 84.8. The fourth-order valence-electron chi connectivity index (χ4n) is 8.54. The molecule has 0 aliphatic carbocycles. The normalized spacial score (nSPS) is 22.4. The number of hydrogen-bond donors (Lipinski definition) is 1. The number of anilines is 2. The average Bonchev–Trinajstić information content (AvgIpc) is 3.68. The van der Waals surface area contributed by atoms with E-state index in [4.69, 9.17) is 25.2 Å². The van der Waals surface area contributed by atoms with E-state index in [1.807, 2.05) is 16.5 Å². The van der Waals surface area contributed by atoms with Crippen LogP contribution >= 0.6 is 0 Å². The van der Waals surface area contributed by atoms with Gasteiger partial charge < -0.3 is 25.0 Å². The van der Waals surface area contributed by atoms with E-state index in [-0.39, 0.29) is 54.3 Å². The summed E-state index contributed by atoms with van der Waals surface area (Å²) in [6.07, 6.45) is -3.67. The number of hydrogen-bond acceptors (Lipinski definition) is 9. The topological polar surface area (TPSA) is 115 Å². The number of carbonyl (C=O) groups is 1. The zero-order valence-corrected chi connectivity index (χ0v) is 30.7. The first-order valence-electron chi connectivity index (χ1n) is 18.1. The van der Waals surface area contributed by atoms with Crippen molar-refractivity contribution in [2.45, 2.75) is 83.5 Å². The molecule has 11 nitrogen and oxygen atoms in total. The molecule has 1 amide bonds. The third kappa shape index (κ3) is 7.11. The predicted octanol–water partition coefficient (Wildman–Crippen LogP) is 5.89. The van der Waals surface area contributed by atoms with E-state index in [0.29, 0.717) is 61.8 Å². The number of amides is 1. The van der Waals surface area contributed by atoms with Gasteiger partial charge in [-0.05, 0) is 75.8 Å². The van der Waals surface area contributed by atoms with Crippen molar-refractivity contribution in [3.8, 4) is 17.9 Å². The number of rotatable bonds is 7. The Labute approximate surface area is 310 Å². The van der Waals surface area contributed by atoms with Crippen LogP contribution in [-0.2, 0) is 37.0 Å². The van der Waals surface area contributed by atoms with Crippen molar-refractivity contribution in [2.24, 2.45) is 5.92 Å². The van der Waals surface area contributed by atoms with Crippen molar-refractivity contribution in [1.82, 2.24) is 29.5 Å². The molecule has 3 unspecified atom stereocenters. The molecule has 1 aromatic carbocycles. The zero-order chi connectivity index (χ0) is 38.5. The number of benzene rings is 1. The van der Waals surface area contributed by atoms with Crippen LogP contribution in [0.25, 0.3) is 0 Å². The van der Waals surface area contributed by atoms with Gasteiger partial charge in [-0.1, -0.05) is 5.92 Å². The fourth-order valence-corrected chi connectivity index (χ4v) is 8.54. The van der Waals surface area contributed by atoms with Crippen LogP contribution in [0.2, 0.25) is 0 Å². The second-order valence-corrected chi connectivity index (χ2v) is 14.8. The number of aromatic nitrogens is 4. The highest BCUT2D eigenvalue weighted by molar-refractivity contribution is 5.93. The monoisotopic (exact) mass is 754 g/mol. The number of aryl methyl sites for hydroxylation is 1. The number of alkyl halides is 3. The summed E-state index contributed by atoms with van der Waals surface area (Å²) in [5.74, 6) is 5.10. The van der Waals surface area contributed by atoms with Gasteiger partial charge in [0.25, 0.3) is 12.0 Å². The molecule has 2 N–H and O–H groups in total. The number of fused-ring (bicyclic) bond motifs is 3. The number of halogens is 5. The Morgan fingerprint density at radius 1 is 1.19 bits per heavy atom. The molecule has 0 saturated carbocycles. The Hall–Kier alpha value is -4.75. The highest BCUT2D eigenvalue weighted by Gasteiger charge is 2.49. The summed E-state index contributed by atoms with van der Waals surface area (Å²) in [7, 11) is 3.35. The van der Waals surface area contributed by atoms with E-state index in [1.165, 1.54) is 24.0 Å². The number of nitrogen functional groups attached to an aromatic ring is 1.